The highest BCUT2D eigenvalue weighted by molar-refractivity contribution is 7.10. The molecule has 0 atom stereocenters. The molecule has 2 aromatic rings. The van der Waals surface area contributed by atoms with Gasteiger partial charge in [0.25, 0.3) is 0 Å². The monoisotopic (exact) mass is 324 g/mol. The SMILES string of the molecule is NNc1snnc1COc1c(Cl)cc(Cl)cc1Cl. The Kier molecular flexibility index (Phi) is 4.47. The zero-order chi connectivity index (χ0) is 13.1. The van der Waals surface area contributed by atoms with Crippen LogP contribution in [0.1, 0.15) is 5.69 Å². The smallest absolute Gasteiger partial charge is 0.157 e. The molecule has 3 N–H and O–H groups in total. The van der Waals surface area contributed by atoms with E-state index in [4.69, 9.17) is 45.4 Å². The maximum absolute atomic E-state index is 5.98. The highest BCUT2D eigenvalue weighted by Gasteiger charge is 2.12. The molecule has 2 rings (SSSR count). The second-order valence-electron chi connectivity index (χ2n) is 3.18. The van der Waals surface area contributed by atoms with E-state index in [0.717, 1.165) is 11.5 Å². The van der Waals surface area contributed by atoms with Gasteiger partial charge in [0.05, 0.1) is 10.0 Å². The average Bonchev–Trinajstić information content (AvgIpc) is 2.75. The third-order valence-electron chi connectivity index (χ3n) is 2.00. The van der Waals surface area contributed by atoms with Crippen LogP contribution in [0.2, 0.25) is 15.1 Å². The molecule has 0 spiro atoms. The molecule has 0 saturated heterocycles. The van der Waals surface area contributed by atoms with Crippen molar-refractivity contribution in [1.29, 1.82) is 0 Å². The summed E-state index contributed by atoms with van der Waals surface area (Å²) < 4.78 is 9.24. The van der Waals surface area contributed by atoms with E-state index in [1.807, 2.05) is 0 Å². The van der Waals surface area contributed by atoms with Gasteiger partial charge in [0.1, 0.15) is 12.3 Å². The van der Waals surface area contributed by atoms with Crippen molar-refractivity contribution in [3.05, 3.63) is 32.9 Å². The Bertz CT molecular complexity index is 539. The van der Waals surface area contributed by atoms with Crippen molar-refractivity contribution in [3.63, 3.8) is 0 Å². The predicted octanol–water partition coefficient (Wildman–Crippen LogP) is 3.36. The Balaban J connectivity index is 2.16. The lowest BCUT2D eigenvalue weighted by Crippen LogP contribution is -2.08. The minimum absolute atomic E-state index is 0.150. The van der Waals surface area contributed by atoms with E-state index in [-0.39, 0.29) is 6.61 Å². The molecule has 0 radical (unpaired) electrons. The molecule has 0 aliphatic heterocycles. The van der Waals surface area contributed by atoms with Crippen molar-refractivity contribution in [2.45, 2.75) is 6.61 Å². The molecule has 1 aromatic heterocycles. The van der Waals surface area contributed by atoms with Crippen LogP contribution >= 0.6 is 46.3 Å². The maximum Gasteiger partial charge on any atom is 0.157 e. The number of nitrogen functional groups attached to an aromatic ring is 1. The van der Waals surface area contributed by atoms with Gasteiger partial charge in [-0.3, -0.25) is 0 Å². The minimum atomic E-state index is 0.150. The van der Waals surface area contributed by atoms with Crippen molar-refractivity contribution in [1.82, 2.24) is 9.59 Å². The number of anilines is 1. The maximum atomic E-state index is 5.98. The van der Waals surface area contributed by atoms with Gasteiger partial charge in [-0.1, -0.05) is 39.3 Å². The molecule has 96 valence electrons. The number of hydrogen-bond donors (Lipinski definition) is 2. The van der Waals surface area contributed by atoms with E-state index in [9.17, 15) is 0 Å². The third-order valence-corrected chi connectivity index (χ3v) is 3.48. The second kappa shape index (κ2) is 5.90. The number of hydrazine groups is 1. The summed E-state index contributed by atoms with van der Waals surface area (Å²) in [5.74, 6) is 5.65. The van der Waals surface area contributed by atoms with Crippen LogP contribution in [0.5, 0.6) is 5.75 Å². The van der Waals surface area contributed by atoms with Crippen LogP contribution in [0, 0.1) is 0 Å². The van der Waals surface area contributed by atoms with E-state index in [2.05, 4.69) is 15.0 Å². The number of nitrogens with one attached hydrogen (secondary N) is 1. The van der Waals surface area contributed by atoms with Crippen molar-refractivity contribution in [3.8, 4) is 5.75 Å². The van der Waals surface area contributed by atoms with Crippen molar-refractivity contribution in [2.24, 2.45) is 5.84 Å². The zero-order valence-electron chi connectivity index (χ0n) is 8.78. The predicted molar refractivity (Wildman–Crippen MR) is 73.5 cm³/mol. The van der Waals surface area contributed by atoms with E-state index >= 15 is 0 Å². The summed E-state index contributed by atoms with van der Waals surface area (Å²) in [4.78, 5) is 0. The van der Waals surface area contributed by atoms with Gasteiger partial charge in [0, 0.05) is 16.6 Å². The van der Waals surface area contributed by atoms with Gasteiger partial charge < -0.3 is 10.2 Å². The summed E-state index contributed by atoms with van der Waals surface area (Å²) in [6, 6.07) is 3.09. The number of ether oxygens (including phenoxy) is 1. The topological polar surface area (TPSA) is 73.1 Å². The summed E-state index contributed by atoms with van der Waals surface area (Å²) in [7, 11) is 0. The first-order chi connectivity index (χ1) is 8.61. The number of aromatic nitrogens is 2. The first kappa shape index (κ1) is 13.6. The Morgan fingerprint density at radius 1 is 1.28 bits per heavy atom. The fourth-order valence-electron chi connectivity index (χ4n) is 1.22. The summed E-state index contributed by atoms with van der Waals surface area (Å²) in [5, 5.41) is 5.59. The molecule has 9 heteroatoms. The van der Waals surface area contributed by atoms with E-state index in [1.165, 1.54) is 0 Å². The van der Waals surface area contributed by atoms with Crippen molar-refractivity contribution >= 4 is 51.3 Å². The molecule has 0 aliphatic rings. The van der Waals surface area contributed by atoms with Crippen LogP contribution in [0.3, 0.4) is 0 Å². The van der Waals surface area contributed by atoms with E-state index in [0.29, 0.717) is 31.5 Å². The Labute approximate surface area is 122 Å². The lowest BCUT2D eigenvalue weighted by molar-refractivity contribution is 0.302. The summed E-state index contributed by atoms with van der Waals surface area (Å²) in [6.07, 6.45) is 0. The van der Waals surface area contributed by atoms with Crippen molar-refractivity contribution < 1.29 is 4.74 Å². The molecule has 0 fully saturated rings. The number of nitrogens with two attached hydrogens (primary N) is 1. The van der Waals surface area contributed by atoms with Gasteiger partial charge in [-0.15, -0.1) is 5.10 Å². The highest BCUT2D eigenvalue weighted by atomic mass is 35.5. The molecular weight excluding hydrogens is 319 g/mol. The number of rotatable bonds is 4. The first-order valence-electron chi connectivity index (χ1n) is 4.67. The molecule has 0 unspecified atom stereocenters. The van der Waals surface area contributed by atoms with Crippen LogP contribution in [-0.4, -0.2) is 9.59 Å². The molecule has 0 amide bonds. The van der Waals surface area contributed by atoms with Crippen molar-refractivity contribution in [2.75, 3.05) is 5.43 Å². The van der Waals surface area contributed by atoms with Gasteiger partial charge in [-0.2, -0.15) is 0 Å². The van der Waals surface area contributed by atoms with Gasteiger partial charge >= 0.3 is 0 Å². The lowest BCUT2D eigenvalue weighted by Gasteiger charge is -2.09. The Hall–Kier alpha value is -0.790. The van der Waals surface area contributed by atoms with Gasteiger partial charge in [0.15, 0.2) is 10.8 Å². The summed E-state index contributed by atoms with van der Waals surface area (Å²) in [6.45, 7) is 0.150. The molecule has 1 aromatic carbocycles. The van der Waals surface area contributed by atoms with Crippen LogP contribution in [0.4, 0.5) is 5.00 Å². The Morgan fingerprint density at radius 3 is 2.56 bits per heavy atom. The molecule has 0 saturated carbocycles. The van der Waals surface area contributed by atoms with Gasteiger partial charge in [-0.25, -0.2) is 5.84 Å². The average molecular weight is 326 g/mol. The molecule has 1 heterocycles. The number of benzene rings is 1. The molecular formula is C9H7Cl3N4OS. The van der Waals surface area contributed by atoms with E-state index in [1.54, 1.807) is 12.1 Å². The molecule has 18 heavy (non-hydrogen) atoms. The largest absolute Gasteiger partial charge is 0.484 e. The fourth-order valence-corrected chi connectivity index (χ4v) is 2.63. The molecule has 5 nitrogen and oxygen atoms in total. The third kappa shape index (κ3) is 2.96. The normalized spacial score (nSPS) is 10.4. The quantitative estimate of drug-likeness (QED) is 0.666. The molecule has 0 bridgehead atoms. The standard InChI is InChI=1S/C9H7Cl3N4OS/c10-4-1-5(11)8(6(12)2-4)17-3-7-9(14-13)18-16-15-7/h1-2,14H,3,13H2. The van der Waals surface area contributed by atoms with Crippen LogP contribution < -0.4 is 16.0 Å². The minimum Gasteiger partial charge on any atom is -0.484 e. The van der Waals surface area contributed by atoms with Crippen LogP contribution in [0.15, 0.2) is 12.1 Å². The number of halogens is 3. The van der Waals surface area contributed by atoms with Crippen LogP contribution in [0.25, 0.3) is 0 Å². The lowest BCUT2D eigenvalue weighted by atomic mass is 10.3. The first-order valence-corrected chi connectivity index (χ1v) is 6.57. The van der Waals surface area contributed by atoms with Gasteiger partial charge in [-0.05, 0) is 12.1 Å². The summed E-state index contributed by atoms with van der Waals surface area (Å²) >= 11 is 18.9. The van der Waals surface area contributed by atoms with Gasteiger partial charge in [0.2, 0.25) is 0 Å². The van der Waals surface area contributed by atoms with Crippen LogP contribution in [-0.2, 0) is 6.61 Å². The second-order valence-corrected chi connectivity index (χ2v) is 5.19. The molecule has 0 aliphatic carbocycles. The fraction of sp³-hybridized carbons (Fsp3) is 0.111. The Morgan fingerprint density at radius 2 is 1.94 bits per heavy atom. The zero-order valence-corrected chi connectivity index (χ0v) is 11.9. The summed E-state index contributed by atoms with van der Waals surface area (Å²) in [5.41, 5.74) is 3.05. The number of hydrogen-bond acceptors (Lipinski definition) is 6. The highest BCUT2D eigenvalue weighted by Crippen LogP contribution is 2.36. The van der Waals surface area contributed by atoms with E-state index < -0.39 is 0 Å². The number of nitrogens with zero attached hydrogens (tertiary/aromatic N) is 2.